The topological polar surface area (TPSA) is 81.2 Å². The number of benzene rings is 1. The van der Waals surface area contributed by atoms with Crippen LogP contribution in [0.3, 0.4) is 0 Å². The summed E-state index contributed by atoms with van der Waals surface area (Å²) in [5.41, 5.74) is 1.48. The predicted octanol–water partition coefficient (Wildman–Crippen LogP) is 3.62. The van der Waals surface area contributed by atoms with Gasteiger partial charge in [0.25, 0.3) is 0 Å². The number of nitrogens with one attached hydrogen (secondary N) is 1. The summed E-state index contributed by atoms with van der Waals surface area (Å²) in [4.78, 5) is 0.164. The smallest absolute Gasteiger partial charge is 0.225 e. The van der Waals surface area contributed by atoms with E-state index in [4.69, 9.17) is 4.74 Å². The Labute approximate surface area is 154 Å². The van der Waals surface area contributed by atoms with Gasteiger partial charge in [0.05, 0.1) is 12.0 Å². The van der Waals surface area contributed by atoms with E-state index in [-0.39, 0.29) is 9.92 Å². The Balaban J connectivity index is 1.63. The van der Waals surface area contributed by atoms with Gasteiger partial charge >= 0.3 is 0 Å². The molecule has 0 unspecified atom stereocenters. The zero-order chi connectivity index (χ0) is 18.4. The van der Waals surface area contributed by atoms with E-state index in [0.29, 0.717) is 11.6 Å². The van der Waals surface area contributed by atoms with Gasteiger partial charge in [-0.05, 0) is 68.5 Å². The number of allylic oxidation sites excluding steroid dienone is 1. The maximum atomic E-state index is 12.6. The lowest BCUT2D eigenvalue weighted by atomic mass is 9.97. The second-order valence-corrected chi connectivity index (χ2v) is 8.12. The summed E-state index contributed by atoms with van der Waals surface area (Å²) in [7, 11) is -2.15. The van der Waals surface area contributed by atoms with Gasteiger partial charge in [0.1, 0.15) is 11.6 Å². The molecule has 0 bridgehead atoms. The van der Waals surface area contributed by atoms with Gasteiger partial charge in [-0.3, -0.25) is 0 Å². The highest BCUT2D eigenvalue weighted by Gasteiger charge is 2.20. The van der Waals surface area contributed by atoms with Crippen molar-refractivity contribution >= 4 is 15.7 Å². The molecule has 0 amide bonds. The molecule has 0 aliphatic heterocycles. The highest BCUT2D eigenvalue weighted by Crippen LogP contribution is 2.22. The van der Waals surface area contributed by atoms with Crippen molar-refractivity contribution in [1.29, 1.82) is 0 Å². The lowest BCUT2D eigenvalue weighted by Gasteiger charge is -2.13. The molecule has 2 aromatic rings. The van der Waals surface area contributed by atoms with Crippen molar-refractivity contribution in [2.75, 3.05) is 19.0 Å². The summed E-state index contributed by atoms with van der Waals surface area (Å²) < 4.78 is 30.2. The van der Waals surface area contributed by atoms with Gasteiger partial charge in [-0.1, -0.05) is 11.6 Å². The van der Waals surface area contributed by atoms with E-state index in [9.17, 15) is 8.42 Å². The Bertz CT molecular complexity index is 860. The molecular formula is C19H23N3O3S. The van der Waals surface area contributed by atoms with Gasteiger partial charge in [-0.15, -0.1) is 10.2 Å². The largest absolute Gasteiger partial charge is 0.497 e. The van der Waals surface area contributed by atoms with E-state index in [2.05, 4.69) is 21.6 Å². The number of nitrogens with zero attached hydrogens (tertiary/aromatic N) is 2. The van der Waals surface area contributed by atoms with Crippen LogP contribution in [0, 0.1) is 0 Å². The van der Waals surface area contributed by atoms with Crippen LogP contribution in [0.1, 0.15) is 32.1 Å². The molecule has 26 heavy (non-hydrogen) atoms. The van der Waals surface area contributed by atoms with E-state index < -0.39 is 9.84 Å². The van der Waals surface area contributed by atoms with Crippen molar-refractivity contribution < 1.29 is 13.2 Å². The van der Waals surface area contributed by atoms with Crippen LogP contribution >= 0.6 is 0 Å². The van der Waals surface area contributed by atoms with Crippen LogP contribution in [-0.2, 0) is 9.84 Å². The SMILES string of the molecule is COc1ccc(S(=O)(=O)c2ccc(NCCC3=CCCCC3)nn2)cc1. The molecule has 1 heterocycles. The molecule has 1 N–H and O–H groups in total. The van der Waals surface area contributed by atoms with Crippen molar-refractivity contribution in [1.82, 2.24) is 10.2 Å². The monoisotopic (exact) mass is 373 g/mol. The molecule has 1 aromatic carbocycles. The first-order chi connectivity index (χ1) is 12.6. The molecule has 0 saturated carbocycles. The van der Waals surface area contributed by atoms with Gasteiger partial charge in [-0.25, -0.2) is 8.42 Å². The zero-order valence-electron chi connectivity index (χ0n) is 14.8. The average Bonchev–Trinajstić information content (AvgIpc) is 2.69. The van der Waals surface area contributed by atoms with Crippen LogP contribution in [0.5, 0.6) is 5.75 Å². The van der Waals surface area contributed by atoms with Crippen molar-refractivity contribution in [3.8, 4) is 5.75 Å². The number of rotatable bonds is 7. The molecule has 1 aliphatic carbocycles. The number of aromatic nitrogens is 2. The Hall–Kier alpha value is -2.41. The van der Waals surface area contributed by atoms with Crippen molar-refractivity contribution in [3.05, 3.63) is 48.0 Å². The van der Waals surface area contributed by atoms with Crippen LogP contribution in [0.15, 0.2) is 58.0 Å². The predicted molar refractivity (Wildman–Crippen MR) is 100 cm³/mol. The number of anilines is 1. The standard InChI is InChI=1S/C19H23N3O3S/c1-25-16-7-9-17(10-8-16)26(23,24)19-12-11-18(21-22-19)20-14-13-15-5-3-2-4-6-15/h5,7-12H,2-4,6,13-14H2,1H3,(H,20,21). The first-order valence-corrected chi connectivity index (χ1v) is 10.2. The molecular weight excluding hydrogens is 350 g/mol. The van der Waals surface area contributed by atoms with Gasteiger partial charge in [0, 0.05) is 6.54 Å². The fraction of sp³-hybridized carbons (Fsp3) is 0.368. The molecule has 7 heteroatoms. The lowest BCUT2D eigenvalue weighted by Crippen LogP contribution is -2.09. The maximum absolute atomic E-state index is 12.6. The van der Waals surface area contributed by atoms with Gasteiger partial charge < -0.3 is 10.1 Å². The van der Waals surface area contributed by atoms with Crippen LogP contribution in [0.4, 0.5) is 5.82 Å². The molecule has 6 nitrogen and oxygen atoms in total. The summed E-state index contributed by atoms with van der Waals surface area (Å²) in [5.74, 6) is 1.18. The summed E-state index contributed by atoms with van der Waals surface area (Å²) in [5, 5.41) is 11.0. The van der Waals surface area contributed by atoms with Crippen molar-refractivity contribution in [2.45, 2.75) is 42.0 Å². The molecule has 0 atom stereocenters. The van der Waals surface area contributed by atoms with Crippen LogP contribution in [-0.4, -0.2) is 32.3 Å². The zero-order valence-corrected chi connectivity index (χ0v) is 15.6. The third kappa shape index (κ3) is 4.40. The Morgan fingerprint density at radius 2 is 1.88 bits per heavy atom. The molecule has 0 radical (unpaired) electrons. The van der Waals surface area contributed by atoms with Crippen molar-refractivity contribution in [2.24, 2.45) is 0 Å². The number of hydrogen-bond donors (Lipinski definition) is 1. The van der Waals surface area contributed by atoms with E-state index >= 15 is 0 Å². The normalized spacial score (nSPS) is 14.6. The minimum Gasteiger partial charge on any atom is -0.497 e. The van der Waals surface area contributed by atoms with Gasteiger partial charge in [0.2, 0.25) is 9.84 Å². The second kappa shape index (κ2) is 8.31. The highest BCUT2D eigenvalue weighted by molar-refractivity contribution is 7.91. The molecule has 0 spiro atoms. The number of methoxy groups -OCH3 is 1. The fourth-order valence-corrected chi connectivity index (χ4v) is 4.05. The van der Waals surface area contributed by atoms with E-state index in [0.717, 1.165) is 13.0 Å². The van der Waals surface area contributed by atoms with Crippen molar-refractivity contribution in [3.63, 3.8) is 0 Å². The van der Waals surface area contributed by atoms with Crippen LogP contribution < -0.4 is 10.1 Å². The third-order valence-electron chi connectivity index (χ3n) is 4.42. The lowest BCUT2D eigenvalue weighted by molar-refractivity contribution is 0.414. The summed E-state index contributed by atoms with van der Waals surface area (Å²) in [6, 6.07) is 9.35. The second-order valence-electron chi connectivity index (χ2n) is 6.22. The Morgan fingerprint density at radius 1 is 1.08 bits per heavy atom. The first kappa shape index (κ1) is 18.4. The molecule has 0 saturated heterocycles. The third-order valence-corrected chi connectivity index (χ3v) is 6.08. The minimum absolute atomic E-state index is 0.0665. The van der Waals surface area contributed by atoms with Crippen LogP contribution in [0.2, 0.25) is 0 Å². The molecule has 1 aromatic heterocycles. The van der Waals surface area contributed by atoms with E-state index in [1.54, 1.807) is 18.2 Å². The molecule has 1 aliphatic rings. The highest BCUT2D eigenvalue weighted by atomic mass is 32.2. The molecule has 0 fully saturated rings. The molecule has 138 valence electrons. The van der Waals surface area contributed by atoms with Gasteiger partial charge in [-0.2, -0.15) is 0 Å². The van der Waals surface area contributed by atoms with E-state index in [1.807, 2.05) is 0 Å². The Morgan fingerprint density at radius 3 is 2.50 bits per heavy atom. The number of ether oxygens (including phenoxy) is 1. The minimum atomic E-state index is -3.68. The van der Waals surface area contributed by atoms with E-state index in [1.165, 1.54) is 56.6 Å². The van der Waals surface area contributed by atoms with Crippen LogP contribution in [0.25, 0.3) is 0 Å². The molecule has 3 rings (SSSR count). The first-order valence-electron chi connectivity index (χ1n) is 8.74. The number of sulfone groups is 1. The number of hydrogen-bond acceptors (Lipinski definition) is 6. The maximum Gasteiger partial charge on any atom is 0.225 e. The summed E-state index contributed by atoms with van der Waals surface area (Å²) in [6.45, 7) is 0.769. The Kier molecular flexibility index (Phi) is 5.88. The average molecular weight is 373 g/mol. The fourth-order valence-electron chi connectivity index (χ4n) is 2.92. The summed E-state index contributed by atoms with van der Waals surface area (Å²) >= 11 is 0. The summed E-state index contributed by atoms with van der Waals surface area (Å²) in [6.07, 6.45) is 8.20. The quantitative estimate of drug-likeness (QED) is 0.747. The van der Waals surface area contributed by atoms with Gasteiger partial charge in [0.15, 0.2) is 5.03 Å².